The second-order valence-corrected chi connectivity index (χ2v) is 5.47. The molecule has 19 heavy (non-hydrogen) atoms. The van der Waals surface area contributed by atoms with E-state index in [0.717, 1.165) is 12.0 Å². The number of amides is 1. The van der Waals surface area contributed by atoms with Gasteiger partial charge in [-0.15, -0.1) is 0 Å². The van der Waals surface area contributed by atoms with Gasteiger partial charge in [-0.3, -0.25) is 9.59 Å². The number of nitrogens with zero attached hydrogens (tertiary/aromatic N) is 1. The molecule has 0 heterocycles. The summed E-state index contributed by atoms with van der Waals surface area (Å²) in [7, 11) is 0. The molecule has 0 saturated carbocycles. The van der Waals surface area contributed by atoms with Crippen molar-refractivity contribution in [2.75, 3.05) is 6.54 Å². The molecule has 0 radical (unpaired) electrons. The first kappa shape index (κ1) is 15.2. The van der Waals surface area contributed by atoms with Crippen molar-refractivity contribution in [3.8, 4) is 0 Å². The molecule has 0 aliphatic rings. The summed E-state index contributed by atoms with van der Waals surface area (Å²) in [6.07, 6.45) is 0.743. The number of hydrogen-bond acceptors (Lipinski definition) is 2. The van der Waals surface area contributed by atoms with Gasteiger partial charge in [0.15, 0.2) is 0 Å². The molecule has 1 aromatic carbocycles. The Morgan fingerprint density at radius 2 is 1.79 bits per heavy atom. The van der Waals surface area contributed by atoms with Crippen LogP contribution in [0.15, 0.2) is 24.3 Å². The molecule has 0 aliphatic heterocycles. The second kappa shape index (κ2) is 5.87. The van der Waals surface area contributed by atoms with Crippen LogP contribution in [0.25, 0.3) is 0 Å². The summed E-state index contributed by atoms with van der Waals surface area (Å²) in [5, 5.41) is 8.98. The number of aliphatic carboxylic acids is 1. The van der Waals surface area contributed by atoms with Crippen molar-refractivity contribution < 1.29 is 14.7 Å². The van der Waals surface area contributed by atoms with Gasteiger partial charge in [0.2, 0.25) is 0 Å². The number of carbonyl (C=O) groups is 2. The zero-order valence-electron chi connectivity index (χ0n) is 11.9. The van der Waals surface area contributed by atoms with Crippen LogP contribution in [0.4, 0.5) is 0 Å². The number of carbonyl (C=O) groups excluding carboxylic acids is 1. The number of carboxylic acids is 1. The summed E-state index contributed by atoms with van der Waals surface area (Å²) >= 11 is 0. The van der Waals surface area contributed by atoms with E-state index in [1.807, 2.05) is 39.8 Å². The maximum Gasteiger partial charge on any atom is 0.323 e. The van der Waals surface area contributed by atoms with Crippen LogP contribution in [-0.2, 0) is 11.2 Å². The third-order valence-electron chi connectivity index (χ3n) is 2.98. The van der Waals surface area contributed by atoms with Crippen LogP contribution >= 0.6 is 0 Å². The monoisotopic (exact) mass is 263 g/mol. The van der Waals surface area contributed by atoms with Gasteiger partial charge in [0.25, 0.3) is 5.91 Å². The molecule has 1 amide bonds. The number of hydrogen-bond donors (Lipinski definition) is 1. The Morgan fingerprint density at radius 1 is 1.21 bits per heavy atom. The summed E-state index contributed by atoms with van der Waals surface area (Å²) in [6.45, 7) is 7.19. The SMILES string of the molecule is CCc1ccccc1C(=O)N(CC(=O)O)C(C)(C)C. The molecule has 0 spiro atoms. The van der Waals surface area contributed by atoms with Crippen LogP contribution in [0.3, 0.4) is 0 Å². The molecule has 0 fully saturated rings. The summed E-state index contributed by atoms with van der Waals surface area (Å²) in [6, 6.07) is 7.33. The van der Waals surface area contributed by atoms with Crippen molar-refractivity contribution in [1.29, 1.82) is 0 Å². The summed E-state index contributed by atoms with van der Waals surface area (Å²) in [4.78, 5) is 24.9. The molecule has 0 aromatic heterocycles. The first-order valence-corrected chi connectivity index (χ1v) is 6.39. The van der Waals surface area contributed by atoms with Gasteiger partial charge in [-0.05, 0) is 38.8 Å². The number of aryl methyl sites for hydroxylation is 1. The van der Waals surface area contributed by atoms with Crippen LogP contribution in [0, 0.1) is 0 Å². The van der Waals surface area contributed by atoms with Crippen LogP contribution in [0.1, 0.15) is 43.6 Å². The van der Waals surface area contributed by atoms with Crippen molar-refractivity contribution in [2.45, 2.75) is 39.7 Å². The highest BCUT2D eigenvalue weighted by Crippen LogP contribution is 2.19. The molecule has 0 aliphatic carbocycles. The Labute approximate surface area is 114 Å². The van der Waals surface area contributed by atoms with E-state index < -0.39 is 11.5 Å². The molecule has 4 heteroatoms. The van der Waals surface area contributed by atoms with Gasteiger partial charge < -0.3 is 10.0 Å². The average molecular weight is 263 g/mol. The summed E-state index contributed by atoms with van der Waals surface area (Å²) in [5.41, 5.74) is 0.990. The second-order valence-electron chi connectivity index (χ2n) is 5.47. The van der Waals surface area contributed by atoms with Gasteiger partial charge in [-0.25, -0.2) is 0 Å². The van der Waals surface area contributed by atoms with E-state index in [1.54, 1.807) is 12.1 Å². The lowest BCUT2D eigenvalue weighted by Gasteiger charge is -2.34. The molecule has 4 nitrogen and oxygen atoms in total. The molecular weight excluding hydrogens is 242 g/mol. The molecule has 0 saturated heterocycles. The largest absolute Gasteiger partial charge is 0.480 e. The van der Waals surface area contributed by atoms with Crippen molar-refractivity contribution in [3.05, 3.63) is 35.4 Å². The fourth-order valence-electron chi connectivity index (χ4n) is 1.93. The molecule has 1 rings (SSSR count). The van der Waals surface area contributed by atoms with Gasteiger partial charge in [-0.2, -0.15) is 0 Å². The van der Waals surface area contributed by atoms with Crippen LogP contribution < -0.4 is 0 Å². The minimum Gasteiger partial charge on any atom is -0.480 e. The number of benzene rings is 1. The van der Waals surface area contributed by atoms with E-state index >= 15 is 0 Å². The zero-order chi connectivity index (χ0) is 14.6. The lowest BCUT2D eigenvalue weighted by molar-refractivity contribution is -0.138. The Morgan fingerprint density at radius 3 is 2.26 bits per heavy atom. The summed E-state index contributed by atoms with van der Waals surface area (Å²) in [5.74, 6) is -1.23. The van der Waals surface area contributed by atoms with Gasteiger partial charge in [-0.1, -0.05) is 25.1 Å². The lowest BCUT2D eigenvalue weighted by Crippen LogP contribution is -2.48. The van der Waals surface area contributed by atoms with Gasteiger partial charge in [0.1, 0.15) is 6.54 Å². The van der Waals surface area contributed by atoms with Crippen LogP contribution in [0.5, 0.6) is 0 Å². The van der Waals surface area contributed by atoms with Crippen LogP contribution in [0.2, 0.25) is 0 Å². The molecule has 1 N–H and O–H groups in total. The van der Waals surface area contributed by atoms with Crippen LogP contribution in [-0.4, -0.2) is 34.0 Å². The zero-order valence-corrected chi connectivity index (χ0v) is 11.9. The Balaban J connectivity index is 3.16. The molecule has 104 valence electrons. The van der Waals surface area contributed by atoms with Gasteiger partial charge in [0.05, 0.1) is 0 Å². The Kier molecular flexibility index (Phi) is 4.70. The lowest BCUT2D eigenvalue weighted by atomic mass is 10.00. The minimum absolute atomic E-state index is 0.229. The van der Waals surface area contributed by atoms with E-state index in [-0.39, 0.29) is 12.5 Å². The smallest absolute Gasteiger partial charge is 0.323 e. The maximum atomic E-state index is 12.6. The topological polar surface area (TPSA) is 57.6 Å². The first-order valence-electron chi connectivity index (χ1n) is 6.39. The predicted molar refractivity (Wildman–Crippen MR) is 74.2 cm³/mol. The number of rotatable bonds is 4. The van der Waals surface area contributed by atoms with Crippen molar-refractivity contribution in [2.24, 2.45) is 0 Å². The molecular formula is C15H21NO3. The average Bonchev–Trinajstić information content (AvgIpc) is 2.33. The fourth-order valence-corrected chi connectivity index (χ4v) is 1.93. The van der Waals surface area contributed by atoms with Crippen molar-refractivity contribution in [1.82, 2.24) is 4.90 Å². The van der Waals surface area contributed by atoms with E-state index in [0.29, 0.717) is 5.56 Å². The highest BCUT2D eigenvalue weighted by Gasteiger charge is 2.29. The third-order valence-corrected chi connectivity index (χ3v) is 2.98. The van der Waals surface area contributed by atoms with E-state index in [1.165, 1.54) is 4.90 Å². The van der Waals surface area contributed by atoms with E-state index in [9.17, 15) is 9.59 Å². The van der Waals surface area contributed by atoms with Gasteiger partial charge in [0, 0.05) is 11.1 Å². The van der Waals surface area contributed by atoms with Crippen molar-refractivity contribution >= 4 is 11.9 Å². The predicted octanol–water partition coefficient (Wildman–Crippen LogP) is 2.57. The Bertz CT molecular complexity index is 475. The standard InChI is InChI=1S/C15H21NO3/c1-5-11-8-6-7-9-12(11)14(19)16(10-13(17)18)15(2,3)4/h6-9H,5,10H2,1-4H3,(H,17,18). The molecule has 0 atom stereocenters. The quantitative estimate of drug-likeness (QED) is 0.908. The number of carboxylic acid groups (broad SMARTS) is 1. The van der Waals surface area contributed by atoms with Crippen molar-refractivity contribution in [3.63, 3.8) is 0 Å². The van der Waals surface area contributed by atoms with E-state index in [4.69, 9.17) is 5.11 Å². The normalized spacial score (nSPS) is 11.2. The summed E-state index contributed by atoms with van der Waals surface area (Å²) < 4.78 is 0. The third kappa shape index (κ3) is 3.81. The van der Waals surface area contributed by atoms with E-state index in [2.05, 4.69) is 0 Å². The minimum atomic E-state index is -1.00. The highest BCUT2D eigenvalue weighted by molar-refractivity contribution is 5.97. The Hall–Kier alpha value is -1.84. The molecule has 1 aromatic rings. The first-order chi connectivity index (χ1) is 8.77. The fraction of sp³-hybridized carbons (Fsp3) is 0.467. The van der Waals surface area contributed by atoms with Gasteiger partial charge >= 0.3 is 5.97 Å². The molecule has 0 unspecified atom stereocenters. The molecule has 0 bridgehead atoms. The highest BCUT2D eigenvalue weighted by atomic mass is 16.4. The maximum absolute atomic E-state index is 12.6.